The van der Waals surface area contributed by atoms with Crippen LogP contribution in [0.2, 0.25) is 0 Å². The lowest BCUT2D eigenvalue weighted by molar-refractivity contribution is -0.128. The molecule has 8 heteroatoms. The molecule has 168 valence electrons. The Hall–Kier alpha value is -2.74. The van der Waals surface area contributed by atoms with Crippen LogP contribution in [-0.4, -0.2) is 33.1 Å². The number of rotatable bonds is 9. The highest BCUT2D eigenvalue weighted by Gasteiger charge is 2.21. The third-order valence-corrected chi connectivity index (χ3v) is 6.58. The average molecular weight is 447 g/mol. The summed E-state index contributed by atoms with van der Waals surface area (Å²) >= 11 is 0. The molecule has 1 aliphatic carbocycles. The predicted molar refractivity (Wildman–Crippen MR) is 120 cm³/mol. The number of anilines is 1. The van der Waals surface area contributed by atoms with Crippen molar-refractivity contribution < 1.29 is 22.7 Å². The molecule has 1 amide bonds. The molecule has 0 spiro atoms. The Kier molecular flexibility index (Phi) is 7.79. The van der Waals surface area contributed by atoms with E-state index in [1.165, 1.54) is 18.6 Å². The summed E-state index contributed by atoms with van der Waals surface area (Å²) in [6, 6.07) is 12.9. The molecule has 31 heavy (non-hydrogen) atoms. The Morgan fingerprint density at radius 2 is 1.61 bits per heavy atom. The number of carbonyl (C=O) groups excluding carboxylic acids is 1. The number of benzene rings is 2. The third-order valence-electron chi connectivity index (χ3n) is 5.19. The molecule has 0 saturated heterocycles. The number of hydrogen-bond acceptors (Lipinski definition) is 5. The molecule has 1 saturated carbocycles. The second-order valence-electron chi connectivity index (χ2n) is 7.64. The average Bonchev–Trinajstić information content (AvgIpc) is 2.76. The molecule has 0 aromatic heterocycles. The van der Waals surface area contributed by atoms with E-state index in [2.05, 4.69) is 10.0 Å². The fourth-order valence-corrected chi connectivity index (χ4v) is 4.58. The van der Waals surface area contributed by atoms with Crippen LogP contribution in [0.4, 0.5) is 5.69 Å². The van der Waals surface area contributed by atoms with E-state index in [0.29, 0.717) is 23.8 Å². The quantitative estimate of drug-likeness (QED) is 0.605. The molecule has 0 aliphatic heterocycles. The smallest absolute Gasteiger partial charge is 0.261 e. The monoisotopic (exact) mass is 446 g/mol. The summed E-state index contributed by atoms with van der Waals surface area (Å²) in [4.78, 5) is 12.5. The maximum Gasteiger partial charge on any atom is 0.261 e. The lowest BCUT2D eigenvalue weighted by atomic mass is 9.95. The van der Waals surface area contributed by atoms with Gasteiger partial charge in [0.15, 0.2) is 6.10 Å². The van der Waals surface area contributed by atoms with E-state index < -0.39 is 16.1 Å². The van der Waals surface area contributed by atoms with Gasteiger partial charge in [-0.15, -0.1) is 0 Å². The molecule has 2 N–H and O–H groups in total. The maximum atomic E-state index is 12.6. The van der Waals surface area contributed by atoms with Gasteiger partial charge in [-0.3, -0.25) is 9.52 Å². The normalized spacial score (nSPS) is 15.7. The van der Waals surface area contributed by atoms with Crippen LogP contribution in [0.5, 0.6) is 11.5 Å². The van der Waals surface area contributed by atoms with Gasteiger partial charge in [-0.2, -0.15) is 0 Å². The second kappa shape index (κ2) is 10.5. The van der Waals surface area contributed by atoms with Crippen molar-refractivity contribution in [3.63, 3.8) is 0 Å². The standard InChI is InChI=1S/C23H30N2O5S/c1-3-29-20-11-9-19(10-12-20)25-31(27,28)22-15-13-21(14-16-22)30-17(2)23(26)24-18-7-5-4-6-8-18/h9-18,25H,3-8H2,1-2H3,(H,24,26)/t17-/m1/s1. The highest BCUT2D eigenvalue weighted by atomic mass is 32.2. The van der Waals surface area contributed by atoms with Crippen molar-refractivity contribution in [2.75, 3.05) is 11.3 Å². The zero-order valence-electron chi connectivity index (χ0n) is 18.0. The van der Waals surface area contributed by atoms with Gasteiger partial charge < -0.3 is 14.8 Å². The van der Waals surface area contributed by atoms with E-state index in [0.717, 1.165) is 25.7 Å². The Balaban J connectivity index is 1.57. The van der Waals surface area contributed by atoms with E-state index in [-0.39, 0.29) is 16.8 Å². The molecule has 0 bridgehead atoms. The van der Waals surface area contributed by atoms with Crippen LogP contribution in [0.15, 0.2) is 53.4 Å². The summed E-state index contributed by atoms with van der Waals surface area (Å²) in [5.41, 5.74) is 0.441. The van der Waals surface area contributed by atoms with Crippen molar-refractivity contribution in [1.82, 2.24) is 5.32 Å². The van der Waals surface area contributed by atoms with Gasteiger partial charge in [0, 0.05) is 11.7 Å². The van der Waals surface area contributed by atoms with Crippen LogP contribution >= 0.6 is 0 Å². The van der Waals surface area contributed by atoms with Gasteiger partial charge in [-0.25, -0.2) is 8.42 Å². The van der Waals surface area contributed by atoms with E-state index in [4.69, 9.17) is 9.47 Å². The highest BCUT2D eigenvalue weighted by molar-refractivity contribution is 7.92. The number of ether oxygens (including phenoxy) is 2. The van der Waals surface area contributed by atoms with Gasteiger partial charge in [0.1, 0.15) is 11.5 Å². The largest absolute Gasteiger partial charge is 0.494 e. The van der Waals surface area contributed by atoms with Crippen LogP contribution in [0, 0.1) is 0 Å². The molecule has 0 radical (unpaired) electrons. The zero-order chi connectivity index (χ0) is 22.3. The van der Waals surface area contributed by atoms with Crippen molar-refractivity contribution in [1.29, 1.82) is 0 Å². The summed E-state index contributed by atoms with van der Waals surface area (Å²) in [5.74, 6) is 0.959. The lowest BCUT2D eigenvalue weighted by Gasteiger charge is -2.24. The summed E-state index contributed by atoms with van der Waals surface area (Å²) in [7, 11) is -3.74. The van der Waals surface area contributed by atoms with Crippen molar-refractivity contribution in [2.45, 2.75) is 63.0 Å². The third kappa shape index (κ3) is 6.62. The van der Waals surface area contributed by atoms with E-state index in [1.807, 2.05) is 6.92 Å². The summed E-state index contributed by atoms with van der Waals surface area (Å²) in [5, 5.41) is 3.03. The van der Waals surface area contributed by atoms with Gasteiger partial charge >= 0.3 is 0 Å². The Morgan fingerprint density at radius 1 is 1.00 bits per heavy atom. The minimum atomic E-state index is -3.74. The van der Waals surface area contributed by atoms with Gasteiger partial charge in [0.05, 0.1) is 11.5 Å². The van der Waals surface area contributed by atoms with Gasteiger partial charge in [0.25, 0.3) is 15.9 Å². The van der Waals surface area contributed by atoms with Gasteiger partial charge in [-0.1, -0.05) is 19.3 Å². The number of carbonyl (C=O) groups is 1. The molecular formula is C23H30N2O5S. The minimum Gasteiger partial charge on any atom is -0.494 e. The molecule has 2 aromatic carbocycles. The Bertz CT molecular complexity index is 952. The number of amides is 1. The molecule has 1 fully saturated rings. The number of hydrogen-bond donors (Lipinski definition) is 2. The molecule has 7 nitrogen and oxygen atoms in total. The second-order valence-corrected chi connectivity index (χ2v) is 9.32. The lowest BCUT2D eigenvalue weighted by Crippen LogP contribution is -2.43. The molecule has 3 rings (SSSR count). The van der Waals surface area contributed by atoms with Crippen molar-refractivity contribution in [3.05, 3.63) is 48.5 Å². The van der Waals surface area contributed by atoms with Crippen molar-refractivity contribution in [3.8, 4) is 11.5 Å². The molecule has 1 atom stereocenters. The number of sulfonamides is 1. The van der Waals surface area contributed by atoms with Gasteiger partial charge in [-0.05, 0) is 75.2 Å². The molecule has 0 heterocycles. The van der Waals surface area contributed by atoms with E-state index >= 15 is 0 Å². The Morgan fingerprint density at radius 3 is 2.23 bits per heavy atom. The maximum absolute atomic E-state index is 12.6. The topological polar surface area (TPSA) is 93.7 Å². The summed E-state index contributed by atoms with van der Waals surface area (Å²) in [6.45, 7) is 4.12. The van der Waals surface area contributed by atoms with Gasteiger partial charge in [0.2, 0.25) is 0 Å². The molecule has 0 unspecified atom stereocenters. The fraction of sp³-hybridized carbons (Fsp3) is 0.435. The van der Waals surface area contributed by atoms with Crippen LogP contribution in [0.3, 0.4) is 0 Å². The van der Waals surface area contributed by atoms with Crippen LogP contribution in [-0.2, 0) is 14.8 Å². The van der Waals surface area contributed by atoms with Crippen LogP contribution < -0.4 is 19.5 Å². The molecule has 1 aliphatic rings. The first kappa shape index (κ1) is 22.9. The fourth-order valence-electron chi connectivity index (χ4n) is 3.52. The van der Waals surface area contributed by atoms with Crippen LogP contribution in [0.25, 0.3) is 0 Å². The van der Waals surface area contributed by atoms with E-state index in [9.17, 15) is 13.2 Å². The number of nitrogens with one attached hydrogen (secondary N) is 2. The predicted octanol–water partition coefficient (Wildman–Crippen LogP) is 4.10. The minimum absolute atomic E-state index is 0.105. The Labute approximate surface area is 184 Å². The first-order valence-corrected chi connectivity index (χ1v) is 12.2. The molecular weight excluding hydrogens is 416 g/mol. The summed E-state index contributed by atoms with van der Waals surface area (Å²) < 4.78 is 38.9. The van der Waals surface area contributed by atoms with Crippen molar-refractivity contribution >= 4 is 21.6 Å². The first-order chi connectivity index (χ1) is 14.9. The summed E-state index contributed by atoms with van der Waals surface area (Å²) in [6.07, 6.45) is 4.85. The SMILES string of the molecule is CCOc1ccc(NS(=O)(=O)c2ccc(O[C@H](C)C(=O)NC3CCCCC3)cc2)cc1. The highest BCUT2D eigenvalue weighted by Crippen LogP contribution is 2.22. The zero-order valence-corrected chi connectivity index (χ0v) is 18.8. The van der Waals surface area contributed by atoms with Crippen molar-refractivity contribution in [2.24, 2.45) is 0 Å². The molecule has 2 aromatic rings. The van der Waals surface area contributed by atoms with Crippen LogP contribution in [0.1, 0.15) is 46.0 Å². The van der Waals surface area contributed by atoms with E-state index in [1.54, 1.807) is 43.3 Å². The first-order valence-electron chi connectivity index (χ1n) is 10.7.